The van der Waals surface area contributed by atoms with E-state index in [1.807, 2.05) is 23.1 Å². The lowest BCUT2D eigenvalue weighted by Crippen LogP contribution is -2.40. The molecule has 2 aromatic rings. The monoisotopic (exact) mass is 320 g/mol. The van der Waals surface area contributed by atoms with Crippen LogP contribution in [0.4, 0.5) is 0 Å². The van der Waals surface area contributed by atoms with Crippen molar-refractivity contribution >= 4 is 17.6 Å². The maximum Gasteiger partial charge on any atom is 0.320 e. The minimum atomic E-state index is -0.825. The molecule has 116 valence electrons. The maximum absolute atomic E-state index is 11.2. The third kappa shape index (κ3) is 3.31. The Kier molecular flexibility index (Phi) is 4.18. The summed E-state index contributed by atoms with van der Waals surface area (Å²) in [7, 11) is 0. The van der Waals surface area contributed by atoms with E-state index in [1.54, 1.807) is 19.2 Å². The molecular weight excluding hydrogens is 304 g/mol. The predicted molar refractivity (Wildman–Crippen MR) is 82.6 cm³/mol. The molecule has 0 aliphatic heterocycles. The van der Waals surface area contributed by atoms with Crippen LogP contribution in [-0.2, 0) is 11.3 Å². The Bertz CT molecular complexity index is 682. The fraction of sp³-hybridized carbons (Fsp3) is 0.375. The number of carboxylic acid groups (broad SMARTS) is 1. The summed E-state index contributed by atoms with van der Waals surface area (Å²) < 4.78 is 5.76. The van der Waals surface area contributed by atoms with E-state index in [9.17, 15) is 9.90 Å². The Labute approximate surface area is 133 Å². The number of rotatable bonds is 6. The molecule has 0 bridgehead atoms. The summed E-state index contributed by atoms with van der Waals surface area (Å²) in [6.07, 6.45) is 3.70. The van der Waals surface area contributed by atoms with Crippen molar-refractivity contribution in [2.75, 3.05) is 0 Å². The van der Waals surface area contributed by atoms with Crippen LogP contribution in [-0.4, -0.2) is 33.0 Å². The van der Waals surface area contributed by atoms with Gasteiger partial charge in [-0.2, -0.15) is 0 Å². The van der Waals surface area contributed by atoms with Gasteiger partial charge in [-0.25, -0.2) is 4.98 Å². The first kappa shape index (κ1) is 15.1. The van der Waals surface area contributed by atoms with Crippen LogP contribution in [0.5, 0.6) is 0 Å². The molecule has 6 heteroatoms. The van der Waals surface area contributed by atoms with Gasteiger partial charge in [-0.1, -0.05) is 23.7 Å². The second-order valence-corrected chi connectivity index (χ2v) is 5.98. The number of hydrogen-bond acceptors (Lipinski definition) is 4. The zero-order chi connectivity index (χ0) is 15.7. The minimum Gasteiger partial charge on any atom is -0.480 e. The molecule has 1 atom stereocenters. The van der Waals surface area contributed by atoms with E-state index in [0.29, 0.717) is 29.3 Å². The van der Waals surface area contributed by atoms with Crippen LogP contribution in [0.2, 0.25) is 5.02 Å². The van der Waals surface area contributed by atoms with Crippen molar-refractivity contribution in [3.63, 3.8) is 0 Å². The van der Waals surface area contributed by atoms with Crippen molar-refractivity contribution in [1.82, 2.24) is 9.88 Å². The van der Waals surface area contributed by atoms with Crippen LogP contribution in [0.25, 0.3) is 11.3 Å². The van der Waals surface area contributed by atoms with Gasteiger partial charge < -0.3 is 9.52 Å². The largest absolute Gasteiger partial charge is 0.480 e. The van der Waals surface area contributed by atoms with Crippen LogP contribution >= 0.6 is 11.6 Å². The van der Waals surface area contributed by atoms with E-state index >= 15 is 0 Å². The number of aromatic nitrogens is 1. The smallest absolute Gasteiger partial charge is 0.320 e. The van der Waals surface area contributed by atoms with Crippen LogP contribution in [0, 0.1) is 0 Å². The van der Waals surface area contributed by atoms with Gasteiger partial charge in [0.25, 0.3) is 0 Å². The summed E-state index contributed by atoms with van der Waals surface area (Å²) in [6, 6.07) is 7.12. The molecule has 0 amide bonds. The van der Waals surface area contributed by atoms with Gasteiger partial charge in [0.05, 0.1) is 12.7 Å². The molecule has 1 heterocycles. The summed E-state index contributed by atoms with van der Waals surface area (Å²) in [4.78, 5) is 17.4. The summed E-state index contributed by atoms with van der Waals surface area (Å²) in [5, 5.41) is 9.85. The average Bonchev–Trinajstić information content (AvgIpc) is 3.22. The van der Waals surface area contributed by atoms with Crippen LogP contribution in [0.1, 0.15) is 25.7 Å². The molecule has 3 rings (SSSR count). The number of carbonyl (C=O) groups is 1. The van der Waals surface area contributed by atoms with Gasteiger partial charge in [0.2, 0.25) is 5.89 Å². The number of benzene rings is 1. The van der Waals surface area contributed by atoms with Crippen LogP contribution < -0.4 is 0 Å². The molecule has 1 unspecified atom stereocenters. The van der Waals surface area contributed by atoms with Gasteiger partial charge in [0.15, 0.2) is 5.76 Å². The Balaban J connectivity index is 1.77. The lowest BCUT2D eigenvalue weighted by molar-refractivity contribution is -0.143. The van der Waals surface area contributed by atoms with Gasteiger partial charge in [0.1, 0.15) is 6.04 Å². The maximum atomic E-state index is 11.2. The highest BCUT2D eigenvalue weighted by molar-refractivity contribution is 6.30. The van der Waals surface area contributed by atoms with Gasteiger partial charge in [-0.3, -0.25) is 9.69 Å². The lowest BCUT2D eigenvalue weighted by atomic mass is 10.2. The van der Waals surface area contributed by atoms with Crippen molar-refractivity contribution in [3.8, 4) is 11.3 Å². The second kappa shape index (κ2) is 6.10. The van der Waals surface area contributed by atoms with Crippen LogP contribution in [0.3, 0.4) is 0 Å². The summed E-state index contributed by atoms with van der Waals surface area (Å²) in [6.45, 7) is 2.10. The molecule has 5 nitrogen and oxygen atoms in total. The molecule has 1 aromatic heterocycles. The van der Waals surface area contributed by atoms with E-state index in [2.05, 4.69) is 4.98 Å². The normalized spacial score (nSPS) is 16.0. The molecular formula is C16H17ClN2O3. The number of nitrogens with zero attached hydrogens (tertiary/aromatic N) is 2. The molecule has 1 aliphatic carbocycles. The van der Waals surface area contributed by atoms with Gasteiger partial charge in [-0.05, 0) is 31.9 Å². The highest BCUT2D eigenvalue weighted by atomic mass is 35.5. The predicted octanol–water partition coefficient (Wildman–Crippen LogP) is 3.43. The molecule has 1 N–H and O–H groups in total. The molecule has 1 aromatic carbocycles. The quantitative estimate of drug-likeness (QED) is 0.883. The third-order valence-electron chi connectivity index (χ3n) is 3.85. The highest BCUT2D eigenvalue weighted by Crippen LogP contribution is 2.31. The van der Waals surface area contributed by atoms with E-state index in [0.717, 1.165) is 18.4 Å². The molecule has 0 saturated heterocycles. The fourth-order valence-electron chi connectivity index (χ4n) is 2.45. The number of carboxylic acids is 1. The van der Waals surface area contributed by atoms with Gasteiger partial charge in [-0.15, -0.1) is 0 Å². The zero-order valence-electron chi connectivity index (χ0n) is 12.2. The van der Waals surface area contributed by atoms with Crippen molar-refractivity contribution in [3.05, 3.63) is 41.4 Å². The van der Waals surface area contributed by atoms with Gasteiger partial charge >= 0.3 is 5.97 Å². The Morgan fingerprint density at radius 1 is 1.55 bits per heavy atom. The third-order valence-corrected chi connectivity index (χ3v) is 4.09. The highest BCUT2D eigenvalue weighted by Gasteiger charge is 2.35. The zero-order valence-corrected chi connectivity index (χ0v) is 13.0. The lowest BCUT2D eigenvalue weighted by Gasteiger charge is -2.24. The summed E-state index contributed by atoms with van der Waals surface area (Å²) >= 11 is 5.98. The number of halogens is 1. The topological polar surface area (TPSA) is 66.6 Å². The van der Waals surface area contributed by atoms with E-state index in [4.69, 9.17) is 16.0 Å². The Hall–Kier alpha value is -1.85. The molecule has 0 spiro atoms. The van der Waals surface area contributed by atoms with Crippen molar-refractivity contribution < 1.29 is 14.3 Å². The molecule has 1 saturated carbocycles. The first-order chi connectivity index (χ1) is 10.5. The van der Waals surface area contributed by atoms with Crippen LogP contribution in [0.15, 0.2) is 34.9 Å². The summed E-state index contributed by atoms with van der Waals surface area (Å²) in [5.74, 6) is 0.333. The molecule has 22 heavy (non-hydrogen) atoms. The fourth-order valence-corrected chi connectivity index (χ4v) is 2.64. The molecule has 0 radical (unpaired) electrons. The van der Waals surface area contributed by atoms with Crippen molar-refractivity contribution in [2.24, 2.45) is 0 Å². The number of oxazole rings is 1. The van der Waals surface area contributed by atoms with Crippen molar-refractivity contribution in [2.45, 2.75) is 38.4 Å². The number of hydrogen-bond donors (Lipinski definition) is 1. The van der Waals surface area contributed by atoms with Crippen molar-refractivity contribution in [1.29, 1.82) is 0 Å². The second-order valence-electron chi connectivity index (χ2n) is 5.55. The van der Waals surface area contributed by atoms with E-state index in [1.165, 1.54) is 0 Å². The minimum absolute atomic E-state index is 0.313. The first-order valence-corrected chi connectivity index (χ1v) is 7.61. The molecule has 1 aliphatic rings. The van der Waals surface area contributed by atoms with E-state index < -0.39 is 12.0 Å². The van der Waals surface area contributed by atoms with E-state index in [-0.39, 0.29) is 0 Å². The Morgan fingerprint density at radius 3 is 2.95 bits per heavy atom. The SMILES string of the molecule is CC(C(=O)O)N(Cc1ncc(-c2cccc(Cl)c2)o1)C1CC1. The Morgan fingerprint density at radius 2 is 2.32 bits per heavy atom. The standard InChI is InChI=1S/C16H17ClN2O3/c1-10(16(20)21)19(13-5-6-13)9-15-18-8-14(22-15)11-3-2-4-12(17)7-11/h2-4,7-8,10,13H,5-6,9H2,1H3,(H,20,21). The average molecular weight is 321 g/mol. The summed E-state index contributed by atoms with van der Waals surface area (Å²) in [5.41, 5.74) is 0.857. The number of aliphatic carboxylic acids is 1. The van der Waals surface area contributed by atoms with Gasteiger partial charge in [0, 0.05) is 16.6 Å². The molecule has 1 fully saturated rings. The first-order valence-electron chi connectivity index (χ1n) is 7.24.